The van der Waals surface area contributed by atoms with E-state index < -0.39 is 0 Å². The molecule has 3 N–H and O–H groups in total. The highest BCUT2D eigenvalue weighted by Gasteiger charge is 2.06. The van der Waals surface area contributed by atoms with E-state index in [1.807, 2.05) is 18.2 Å². The largest absolute Gasteiger partial charge is 0.399 e. The average molecular weight is 282 g/mol. The van der Waals surface area contributed by atoms with Gasteiger partial charge in [0.15, 0.2) is 0 Å². The highest BCUT2D eigenvalue weighted by atomic mass is 35.5. The van der Waals surface area contributed by atoms with Gasteiger partial charge in [-0.1, -0.05) is 29.3 Å². The number of aromatic nitrogens is 1. The standard InChI is InChI=1S/C13H13Cl2N3/c14-11-7-9(16)8-12(15)13(11)18-6-4-10-3-1-2-5-17-10/h1-3,5,7-8,18H,4,6,16H2. The fraction of sp³-hybridized carbons (Fsp3) is 0.154. The lowest BCUT2D eigenvalue weighted by molar-refractivity contribution is 0.961. The smallest absolute Gasteiger partial charge is 0.0720 e. The number of halogens is 2. The monoisotopic (exact) mass is 281 g/mol. The van der Waals surface area contributed by atoms with E-state index >= 15 is 0 Å². The summed E-state index contributed by atoms with van der Waals surface area (Å²) < 4.78 is 0. The molecule has 0 aliphatic heterocycles. The molecule has 0 fully saturated rings. The predicted molar refractivity (Wildman–Crippen MR) is 77.3 cm³/mol. The summed E-state index contributed by atoms with van der Waals surface area (Å²) in [6.45, 7) is 0.709. The highest BCUT2D eigenvalue weighted by molar-refractivity contribution is 6.39. The zero-order chi connectivity index (χ0) is 13.0. The van der Waals surface area contributed by atoms with E-state index in [2.05, 4.69) is 10.3 Å². The van der Waals surface area contributed by atoms with Gasteiger partial charge >= 0.3 is 0 Å². The third-order valence-corrected chi connectivity index (χ3v) is 3.07. The van der Waals surface area contributed by atoms with Crippen molar-refractivity contribution in [3.8, 4) is 0 Å². The Bertz CT molecular complexity index is 506. The van der Waals surface area contributed by atoms with Crippen molar-refractivity contribution >= 4 is 34.6 Å². The van der Waals surface area contributed by atoms with Crippen molar-refractivity contribution in [3.05, 3.63) is 52.3 Å². The van der Waals surface area contributed by atoms with Gasteiger partial charge in [0.25, 0.3) is 0 Å². The van der Waals surface area contributed by atoms with Gasteiger partial charge in [-0.15, -0.1) is 0 Å². The van der Waals surface area contributed by atoms with Gasteiger partial charge < -0.3 is 11.1 Å². The summed E-state index contributed by atoms with van der Waals surface area (Å²) in [7, 11) is 0. The van der Waals surface area contributed by atoms with Crippen LogP contribution in [-0.2, 0) is 6.42 Å². The molecule has 1 heterocycles. The van der Waals surface area contributed by atoms with E-state index in [9.17, 15) is 0 Å². The Balaban J connectivity index is 1.99. The number of hydrogen-bond acceptors (Lipinski definition) is 3. The molecule has 0 saturated carbocycles. The minimum absolute atomic E-state index is 0.529. The Morgan fingerprint density at radius 2 is 1.89 bits per heavy atom. The van der Waals surface area contributed by atoms with Crippen molar-refractivity contribution in [2.45, 2.75) is 6.42 Å². The molecule has 0 saturated heterocycles. The van der Waals surface area contributed by atoms with Crippen LogP contribution in [0, 0.1) is 0 Å². The minimum Gasteiger partial charge on any atom is -0.399 e. The molecule has 0 atom stereocenters. The lowest BCUT2D eigenvalue weighted by Gasteiger charge is -2.11. The fourth-order valence-corrected chi connectivity index (χ4v) is 2.26. The van der Waals surface area contributed by atoms with Crippen molar-refractivity contribution < 1.29 is 0 Å². The molecule has 3 nitrogen and oxygen atoms in total. The number of nitrogens with two attached hydrogens (primary N) is 1. The van der Waals surface area contributed by atoms with E-state index in [4.69, 9.17) is 28.9 Å². The van der Waals surface area contributed by atoms with Gasteiger partial charge in [-0.25, -0.2) is 0 Å². The van der Waals surface area contributed by atoms with Gasteiger partial charge in [-0.05, 0) is 24.3 Å². The first-order valence-corrected chi connectivity index (χ1v) is 6.30. The first-order valence-electron chi connectivity index (χ1n) is 5.55. The molecule has 0 amide bonds. The van der Waals surface area contributed by atoms with Crippen LogP contribution in [0.1, 0.15) is 5.69 Å². The van der Waals surface area contributed by atoms with Gasteiger partial charge in [0.1, 0.15) is 0 Å². The Hall–Kier alpha value is -1.45. The second-order valence-electron chi connectivity index (χ2n) is 3.86. The number of rotatable bonds is 4. The number of anilines is 2. The molecule has 2 rings (SSSR count). The van der Waals surface area contributed by atoms with Crippen molar-refractivity contribution in [3.63, 3.8) is 0 Å². The summed E-state index contributed by atoms with van der Waals surface area (Å²) >= 11 is 12.1. The third kappa shape index (κ3) is 3.28. The van der Waals surface area contributed by atoms with Crippen LogP contribution in [0.5, 0.6) is 0 Å². The third-order valence-electron chi connectivity index (χ3n) is 2.47. The van der Waals surface area contributed by atoms with Gasteiger partial charge in [0.05, 0.1) is 15.7 Å². The second kappa shape index (κ2) is 5.94. The van der Waals surface area contributed by atoms with Gasteiger partial charge in [0.2, 0.25) is 0 Å². The average Bonchev–Trinajstić information content (AvgIpc) is 2.34. The van der Waals surface area contributed by atoms with E-state index in [1.54, 1.807) is 18.3 Å². The van der Waals surface area contributed by atoms with Gasteiger partial charge in [-0.2, -0.15) is 0 Å². The maximum absolute atomic E-state index is 6.07. The first kappa shape index (κ1) is 13.0. The normalized spacial score (nSPS) is 10.3. The van der Waals surface area contributed by atoms with Crippen LogP contribution in [0.15, 0.2) is 36.5 Å². The Morgan fingerprint density at radius 1 is 1.17 bits per heavy atom. The summed E-state index contributed by atoms with van der Waals surface area (Å²) in [6, 6.07) is 9.19. The van der Waals surface area contributed by atoms with Crippen LogP contribution in [0.25, 0.3) is 0 Å². The molecule has 5 heteroatoms. The molecule has 0 spiro atoms. The molecule has 94 valence electrons. The van der Waals surface area contributed by atoms with Crippen molar-refractivity contribution in [1.82, 2.24) is 4.98 Å². The predicted octanol–water partition coefficient (Wildman–Crippen LogP) is 3.63. The minimum atomic E-state index is 0.529. The quantitative estimate of drug-likeness (QED) is 0.842. The van der Waals surface area contributed by atoms with Gasteiger partial charge in [0, 0.05) is 30.5 Å². The zero-order valence-corrected chi connectivity index (χ0v) is 11.2. The van der Waals surface area contributed by atoms with Crippen molar-refractivity contribution in [1.29, 1.82) is 0 Å². The van der Waals surface area contributed by atoms with E-state index in [0.717, 1.165) is 12.1 Å². The summed E-state index contributed by atoms with van der Waals surface area (Å²) in [5, 5.41) is 4.25. The summed E-state index contributed by atoms with van der Waals surface area (Å²) in [4.78, 5) is 4.24. The number of nitrogen functional groups attached to an aromatic ring is 1. The lowest BCUT2D eigenvalue weighted by atomic mass is 10.2. The van der Waals surface area contributed by atoms with Crippen LogP contribution in [0.4, 0.5) is 11.4 Å². The van der Waals surface area contributed by atoms with Crippen LogP contribution >= 0.6 is 23.2 Å². The summed E-state index contributed by atoms with van der Waals surface area (Å²) in [6.07, 6.45) is 2.58. The molecular weight excluding hydrogens is 269 g/mol. The van der Waals surface area contributed by atoms with Crippen LogP contribution in [-0.4, -0.2) is 11.5 Å². The molecule has 2 aromatic rings. The fourth-order valence-electron chi connectivity index (χ4n) is 1.62. The Morgan fingerprint density at radius 3 is 2.50 bits per heavy atom. The lowest BCUT2D eigenvalue weighted by Crippen LogP contribution is -2.07. The van der Waals surface area contributed by atoms with Crippen LogP contribution in [0.3, 0.4) is 0 Å². The molecule has 0 aliphatic rings. The summed E-state index contributed by atoms with van der Waals surface area (Å²) in [5.41, 5.74) is 7.93. The number of benzene rings is 1. The number of hydrogen-bond donors (Lipinski definition) is 2. The molecule has 0 radical (unpaired) electrons. The SMILES string of the molecule is Nc1cc(Cl)c(NCCc2ccccn2)c(Cl)c1. The first-order chi connectivity index (χ1) is 8.66. The summed E-state index contributed by atoms with van der Waals surface area (Å²) in [5.74, 6) is 0. The highest BCUT2D eigenvalue weighted by Crippen LogP contribution is 2.32. The molecular formula is C13H13Cl2N3. The molecule has 0 bridgehead atoms. The zero-order valence-electron chi connectivity index (χ0n) is 9.66. The van der Waals surface area contributed by atoms with Crippen LogP contribution in [0.2, 0.25) is 10.0 Å². The topological polar surface area (TPSA) is 50.9 Å². The van der Waals surface area contributed by atoms with Crippen molar-refractivity contribution in [2.24, 2.45) is 0 Å². The maximum atomic E-state index is 6.07. The molecule has 1 aromatic carbocycles. The maximum Gasteiger partial charge on any atom is 0.0720 e. The molecule has 1 aromatic heterocycles. The molecule has 18 heavy (non-hydrogen) atoms. The number of pyridine rings is 1. The second-order valence-corrected chi connectivity index (χ2v) is 4.67. The number of nitrogens with zero attached hydrogens (tertiary/aromatic N) is 1. The Labute approximate surface area is 116 Å². The van der Waals surface area contributed by atoms with E-state index in [-0.39, 0.29) is 0 Å². The Kier molecular flexibility index (Phi) is 4.28. The van der Waals surface area contributed by atoms with E-state index in [0.29, 0.717) is 28.0 Å². The van der Waals surface area contributed by atoms with Gasteiger partial charge in [-0.3, -0.25) is 4.98 Å². The van der Waals surface area contributed by atoms with Crippen molar-refractivity contribution in [2.75, 3.05) is 17.6 Å². The van der Waals surface area contributed by atoms with E-state index in [1.165, 1.54) is 0 Å². The molecule has 0 unspecified atom stereocenters. The van der Waals surface area contributed by atoms with Crippen LogP contribution < -0.4 is 11.1 Å². The number of nitrogens with one attached hydrogen (secondary N) is 1. The molecule has 0 aliphatic carbocycles.